The van der Waals surface area contributed by atoms with Gasteiger partial charge in [0.15, 0.2) is 0 Å². The average molecular weight is 246 g/mol. The van der Waals surface area contributed by atoms with E-state index in [1.165, 1.54) is 19.5 Å². The highest BCUT2D eigenvalue weighted by atomic mass is 79.9. The van der Waals surface area contributed by atoms with Gasteiger partial charge in [-0.05, 0) is 0 Å². The topological polar surface area (TPSA) is 64.1 Å². The van der Waals surface area contributed by atoms with Crippen molar-refractivity contribution in [2.24, 2.45) is 0 Å². The van der Waals surface area contributed by atoms with Crippen LogP contribution in [-0.2, 0) is 4.79 Å². The van der Waals surface area contributed by atoms with Gasteiger partial charge in [0.1, 0.15) is 0 Å². The zero-order valence-electron chi connectivity index (χ0n) is 6.95. The minimum atomic E-state index is -0.145. The fourth-order valence-corrected chi connectivity index (χ4v) is 0.821. The van der Waals surface area contributed by atoms with Crippen LogP contribution in [0, 0.1) is 0 Å². The predicted molar refractivity (Wildman–Crippen MR) is 51.0 cm³/mol. The third-order valence-corrected chi connectivity index (χ3v) is 1.73. The van der Waals surface area contributed by atoms with Crippen molar-refractivity contribution in [3.05, 3.63) is 12.4 Å². The molecule has 0 saturated heterocycles. The number of anilines is 1. The van der Waals surface area contributed by atoms with Gasteiger partial charge < -0.3 is 10.1 Å². The number of nitrogens with one attached hydrogen (secondary N) is 1. The number of rotatable bonds is 3. The Morgan fingerprint density at radius 2 is 2.23 bits per heavy atom. The van der Waals surface area contributed by atoms with Crippen LogP contribution in [0.25, 0.3) is 0 Å². The number of carbonyl (C=O) groups excluding carboxylic acids is 1. The first-order valence-corrected chi connectivity index (χ1v) is 4.60. The zero-order valence-corrected chi connectivity index (χ0v) is 8.54. The third kappa shape index (κ3) is 2.98. The van der Waals surface area contributed by atoms with Crippen LogP contribution in [-0.4, -0.2) is 28.3 Å². The first-order chi connectivity index (χ1) is 6.26. The molecular weight excluding hydrogens is 238 g/mol. The van der Waals surface area contributed by atoms with E-state index in [4.69, 9.17) is 4.74 Å². The Kier molecular flexibility index (Phi) is 3.63. The van der Waals surface area contributed by atoms with E-state index in [9.17, 15) is 4.79 Å². The second kappa shape index (κ2) is 4.76. The highest BCUT2D eigenvalue weighted by Crippen LogP contribution is 2.06. The van der Waals surface area contributed by atoms with E-state index in [0.717, 1.165) is 0 Å². The van der Waals surface area contributed by atoms with Gasteiger partial charge in [0.05, 0.1) is 30.5 Å². The van der Waals surface area contributed by atoms with Crippen LogP contribution in [0.3, 0.4) is 0 Å². The van der Waals surface area contributed by atoms with Crippen molar-refractivity contribution in [1.82, 2.24) is 9.97 Å². The molecule has 0 radical (unpaired) electrons. The standard InChI is InChI=1S/C7H8BrN3O2/c1-13-7-9-3-5(4-10-7)11-6(12)2-8/h3-4H,2H2,1H3,(H,11,12). The molecule has 1 aromatic heterocycles. The van der Waals surface area contributed by atoms with Gasteiger partial charge in [-0.1, -0.05) is 15.9 Å². The van der Waals surface area contributed by atoms with Crippen molar-refractivity contribution in [2.45, 2.75) is 0 Å². The smallest absolute Gasteiger partial charge is 0.316 e. The molecule has 5 nitrogen and oxygen atoms in total. The highest BCUT2D eigenvalue weighted by Gasteiger charge is 2.00. The lowest BCUT2D eigenvalue weighted by atomic mass is 10.5. The number of amides is 1. The SMILES string of the molecule is COc1ncc(NC(=O)CBr)cn1. The Morgan fingerprint density at radius 3 is 2.69 bits per heavy atom. The zero-order chi connectivity index (χ0) is 9.68. The number of ether oxygens (including phenoxy) is 1. The summed E-state index contributed by atoms with van der Waals surface area (Å²) in [5.74, 6) is -0.145. The maximum absolute atomic E-state index is 10.9. The van der Waals surface area contributed by atoms with Gasteiger partial charge in [0.2, 0.25) is 5.91 Å². The van der Waals surface area contributed by atoms with E-state index < -0.39 is 0 Å². The molecule has 0 aromatic carbocycles. The van der Waals surface area contributed by atoms with Gasteiger partial charge in [-0.2, -0.15) is 0 Å². The van der Waals surface area contributed by atoms with Crippen LogP contribution >= 0.6 is 15.9 Å². The Morgan fingerprint density at radius 1 is 1.62 bits per heavy atom. The van der Waals surface area contributed by atoms with Crippen LogP contribution in [0.4, 0.5) is 5.69 Å². The van der Waals surface area contributed by atoms with Gasteiger partial charge in [-0.3, -0.25) is 4.79 Å². The van der Waals surface area contributed by atoms with Crippen LogP contribution in [0.15, 0.2) is 12.4 Å². The number of aromatic nitrogens is 2. The van der Waals surface area contributed by atoms with Gasteiger partial charge >= 0.3 is 6.01 Å². The molecule has 0 aliphatic carbocycles. The second-order valence-corrected chi connectivity index (χ2v) is 2.70. The van der Waals surface area contributed by atoms with Crippen molar-refractivity contribution < 1.29 is 9.53 Å². The van der Waals surface area contributed by atoms with Gasteiger partial charge in [-0.25, -0.2) is 9.97 Å². The maximum atomic E-state index is 10.9. The van der Waals surface area contributed by atoms with E-state index in [0.29, 0.717) is 5.69 Å². The summed E-state index contributed by atoms with van der Waals surface area (Å²) in [6.07, 6.45) is 2.96. The summed E-state index contributed by atoms with van der Waals surface area (Å²) < 4.78 is 4.76. The number of hydrogen-bond acceptors (Lipinski definition) is 4. The minimum Gasteiger partial charge on any atom is -0.467 e. The molecule has 0 atom stereocenters. The van der Waals surface area contributed by atoms with Crippen LogP contribution < -0.4 is 10.1 Å². The molecule has 6 heteroatoms. The van der Waals surface area contributed by atoms with E-state index in [-0.39, 0.29) is 17.2 Å². The lowest BCUT2D eigenvalue weighted by molar-refractivity contribution is -0.113. The number of hydrogen-bond donors (Lipinski definition) is 1. The fraction of sp³-hybridized carbons (Fsp3) is 0.286. The molecule has 1 heterocycles. The Hall–Kier alpha value is -1.17. The van der Waals surface area contributed by atoms with Crippen LogP contribution in [0.2, 0.25) is 0 Å². The number of halogens is 1. The normalized spacial score (nSPS) is 9.38. The monoisotopic (exact) mass is 245 g/mol. The van der Waals surface area contributed by atoms with E-state index in [1.54, 1.807) is 0 Å². The molecule has 0 unspecified atom stereocenters. The van der Waals surface area contributed by atoms with E-state index in [1.807, 2.05) is 0 Å². The largest absolute Gasteiger partial charge is 0.467 e. The summed E-state index contributed by atoms with van der Waals surface area (Å²) in [6.45, 7) is 0. The molecule has 0 aliphatic heterocycles. The predicted octanol–water partition coefficient (Wildman–Crippen LogP) is 0.819. The van der Waals surface area contributed by atoms with Crippen molar-refractivity contribution in [1.29, 1.82) is 0 Å². The molecule has 1 aromatic rings. The fourth-order valence-electron chi connectivity index (χ4n) is 0.681. The Balaban J connectivity index is 2.64. The van der Waals surface area contributed by atoms with Crippen LogP contribution in [0.5, 0.6) is 6.01 Å². The molecule has 13 heavy (non-hydrogen) atoms. The average Bonchev–Trinajstić information content (AvgIpc) is 2.19. The molecular formula is C7H8BrN3O2. The molecule has 0 saturated carbocycles. The van der Waals surface area contributed by atoms with Crippen molar-refractivity contribution >= 4 is 27.5 Å². The van der Waals surface area contributed by atoms with Gasteiger partial charge in [0.25, 0.3) is 0 Å². The number of nitrogens with zero attached hydrogens (tertiary/aromatic N) is 2. The molecule has 0 aliphatic rings. The van der Waals surface area contributed by atoms with E-state index in [2.05, 4.69) is 31.2 Å². The van der Waals surface area contributed by atoms with Crippen molar-refractivity contribution in [3.8, 4) is 6.01 Å². The lowest BCUT2D eigenvalue weighted by Crippen LogP contribution is -2.12. The Bertz CT molecular complexity index is 288. The van der Waals surface area contributed by atoms with Crippen molar-refractivity contribution in [2.75, 3.05) is 17.8 Å². The summed E-state index contributed by atoms with van der Waals surface area (Å²) in [4.78, 5) is 18.5. The Labute approximate surface area is 83.7 Å². The first-order valence-electron chi connectivity index (χ1n) is 3.48. The molecule has 0 bridgehead atoms. The molecule has 1 N–H and O–H groups in total. The number of carbonyl (C=O) groups is 1. The second-order valence-electron chi connectivity index (χ2n) is 2.14. The molecule has 1 rings (SSSR count). The maximum Gasteiger partial charge on any atom is 0.316 e. The summed E-state index contributed by atoms with van der Waals surface area (Å²) in [7, 11) is 1.48. The molecule has 0 spiro atoms. The summed E-state index contributed by atoms with van der Waals surface area (Å²) in [5, 5.41) is 2.83. The quantitative estimate of drug-likeness (QED) is 0.802. The minimum absolute atomic E-state index is 0.145. The molecule has 70 valence electrons. The third-order valence-electron chi connectivity index (χ3n) is 1.22. The summed E-state index contributed by atoms with van der Waals surface area (Å²) in [6, 6.07) is 0.275. The molecule has 0 fully saturated rings. The van der Waals surface area contributed by atoms with Crippen LogP contribution in [0.1, 0.15) is 0 Å². The van der Waals surface area contributed by atoms with Gasteiger partial charge in [-0.15, -0.1) is 0 Å². The molecule has 1 amide bonds. The lowest BCUT2D eigenvalue weighted by Gasteiger charge is -2.01. The summed E-state index contributed by atoms with van der Waals surface area (Å²) in [5.41, 5.74) is 0.547. The number of alkyl halides is 1. The summed E-state index contributed by atoms with van der Waals surface area (Å²) >= 11 is 3.02. The van der Waals surface area contributed by atoms with Crippen molar-refractivity contribution in [3.63, 3.8) is 0 Å². The van der Waals surface area contributed by atoms with E-state index >= 15 is 0 Å². The highest BCUT2D eigenvalue weighted by molar-refractivity contribution is 9.09. The first kappa shape index (κ1) is 9.91. The number of methoxy groups -OCH3 is 1. The van der Waals surface area contributed by atoms with Gasteiger partial charge in [0, 0.05) is 0 Å².